The van der Waals surface area contributed by atoms with Gasteiger partial charge in [0.25, 0.3) is 0 Å². The van der Waals surface area contributed by atoms with Crippen molar-refractivity contribution in [2.24, 2.45) is 0 Å². The summed E-state index contributed by atoms with van der Waals surface area (Å²) in [6.07, 6.45) is 1.56. The smallest absolute Gasteiger partial charge is 0.240 e. The zero-order valence-corrected chi connectivity index (χ0v) is 17.8. The fraction of sp³-hybridized carbons (Fsp3) is 0.174. The Morgan fingerprint density at radius 1 is 0.935 bits per heavy atom. The molecule has 0 aliphatic rings. The molecular weight excluding hydrogens is 419 g/mol. The van der Waals surface area contributed by atoms with Crippen molar-refractivity contribution >= 4 is 21.6 Å². The maximum absolute atomic E-state index is 12.9. The van der Waals surface area contributed by atoms with Crippen LogP contribution in [0.1, 0.15) is 5.56 Å². The van der Waals surface area contributed by atoms with Crippen LogP contribution in [0.3, 0.4) is 0 Å². The van der Waals surface area contributed by atoms with Gasteiger partial charge in [-0.05, 0) is 60.5 Å². The number of benzene rings is 3. The lowest BCUT2D eigenvalue weighted by atomic mass is 10.1. The topological polar surface area (TPSA) is 75.7 Å². The van der Waals surface area contributed by atoms with Crippen molar-refractivity contribution in [1.82, 2.24) is 5.32 Å². The molecule has 0 saturated heterocycles. The highest BCUT2D eigenvalue weighted by molar-refractivity contribution is 7.92. The number of sulfonamides is 1. The molecule has 3 aromatic carbocycles. The molecule has 0 saturated carbocycles. The van der Waals surface area contributed by atoms with Gasteiger partial charge in [-0.2, -0.15) is 0 Å². The molecule has 31 heavy (non-hydrogen) atoms. The minimum absolute atomic E-state index is 0.311. The van der Waals surface area contributed by atoms with E-state index in [1.54, 1.807) is 36.4 Å². The van der Waals surface area contributed by atoms with Crippen molar-refractivity contribution in [2.45, 2.75) is 6.42 Å². The second-order valence-corrected chi connectivity index (χ2v) is 8.81. The molecular formula is C23H23FN2O4S. The minimum Gasteiger partial charge on any atom is -0.457 e. The van der Waals surface area contributed by atoms with Gasteiger partial charge in [0.15, 0.2) is 0 Å². The van der Waals surface area contributed by atoms with Crippen molar-refractivity contribution in [3.8, 4) is 11.5 Å². The molecule has 0 aromatic heterocycles. The minimum atomic E-state index is -3.68. The van der Waals surface area contributed by atoms with Crippen LogP contribution in [0.4, 0.5) is 10.1 Å². The number of carbonyl (C=O) groups is 1. The lowest BCUT2D eigenvalue weighted by Gasteiger charge is -2.22. The van der Waals surface area contributed by atoms with E-state index in [1.807, 2.05) is 30.3 Å². The van der Waals surface area contributed by atoms with E-state index in [-0.39, 0.29) is 12.4 Å². The SMILES string of the molecule is CS(=O)(=O)N(CC(=O)NCCc1ccc(F)cc1)c1ccc(Oc2ccccc2)cc1. The van der Waals surface area contributed by atoms with Crippen LogP contribution in [0.2, 0.25) is 0 Å². The Labute approximate surface area is 181 Å². The number of amides is 1. The van der Waals surface area contributed by atoms with Gasteiger partial charge in [0.05, 0.1) is 11.9 Å². The zero-order valence-electron chi connectivity index (χ0n) is 17.0. The quantitative estimate of drug-likeness (QED) is 0.548. The summed E-state index contributed by atoms with van der Waals surface area (Å²) in [4.78, 5) is 12.3. The summed E-state index contributed by atoms with van der Waals surface area (Å²) in [6.45, 7) is -0.0347. The van der Waals surface area contributed by atoms with Crippen LogP contribution in [-0.4, -0.2) is 33.7 Å². The molecule has 3 rings (SSSR count). The highest BCUT2D eigenvalue weighted by Gasteiger charge is 2.20. The summed E-state index contributed by atoms with van der Waals surface area (Å²) in [5.41, 5.74) is 1.23. The standard InChI is InChI=1S/C23H23FN2O4S/c1-31(28,29)26(17-23(27)25-16-15-18-7-9-19(24)10-8-18)20-11-13-22(14-12-20)30-21-5-3-2-4-6-21/h2-14H,15-17H2,1H3,(H,25,27). The largest absolute Gasteiger partial charge is 0.457 e. The summed E-state index contributed by atoms with van der Waals surface area (Å²) in [5, 5.41) is 2.70. The molecule has 0 bridgehead atoms. The van der Waals surface area contributed by atoms with E-state index < -0.39 is 15.9 Å². The van der Waals surface area contributed by atoms with Gasteiger partial charge in [-0.1, -0.05) is 30.3 Å². The number of para-hydroxylation sites is 1. The number of hydrogen-bond donors (Lipinski definition) is 1. The Morgan fingerprint density at radius 2 is 1.55 bits per heavy atom. The Morgan fingerprint density at radius 3 is 2.16 bits per heavy atom. The van der Waals surface area contributed by atoms with Gasteiger partial charge in [-0.15, -0.1) is 0 Å². The van der Waals surface area contributed by atoms with Crippen molar-refractivity contribution in [3.63, 3.8) is 0 Å². The van der Waals surface area contributed by atoms with E-state index in [9.17, 15) is 17.6 Å². The first-order valence-electron chi connectivity index (χ1n) is 9.63. The third-order valence-corrected chi connectivity index (χ3v) is 5.58. The molecule has 0 fully saturated rings. The van der Waals surface area contributed by atoms with E-state index in [4.69, 9.17) is 4.74 Å². The number of nitrogens with zero attached hydrogens (tertiary/aromatic N) is 1. The zero-order chi connectivity index (χ0) is 22.3. The Balaban J connectivity index is 1.60. The van der Waals surface area contributed by atoms with E-state index in [1.165, 1.54) is 12.1 Å². The van der Waals surface area contributed by atoms with Gasteiger partial charge in [-0.3, -0.25) is 9.10 Å². The monoisotopic (exact) mass is 442 g/mol. The Bertz CT molecular complexity index is 1100. The first kappa shape index (κ1) is 22.3. The van der Waals surface area contributed by atoms with E-state index in [0.717, 1.165) is 16.1 Å². The van der Waals surface area contributed by atoms with Gasteiger partial charge in [0, 0.05) is 6.54 Å². The summed E-state index contributed by atoms with van der Waals surface area (Å²) >= 11 is 0. The summed E-state index contributed by atoms with van der Waals surface area (Å²) < 4.78 is 44.2. The fourth-order valence-corrected chi connectivity index (χ4v) is 3.75. The molecule has 0 heterocycles. The Kier molecular flexibility index (Phi) is 7.25. The molecule has 0 spiro atoms. The normalized spacial score (nSPS) is 11.0. The molecule has 0 radical (unpaired) electrons. The highest BCUT2D eigenvalue weighted by Crippen LogP contribution is 2.25. The van der Waals surface area contributed by atoms with Crippen LogP contribution in [0.15, 0.2) is 78.9 Å². The molecule has 0 aliphatic heterocycles. The van der Waals surface area contributed by atoms with Gasteiger partial charge < -0.3 is 10.1 Å². The molecule has 162 valence electrons. The average Bonchev–Trinajstić information content (AvgIpc) is 2.74. The predicted octanol–water partition coefficient (Wildman–Crippen LogP) is 3.74. The van der Waals surface area contributed by atoms with E-state index in [2.05, 4.69) is 5.32 Å². The molecule has 0 aliphatic carbocycles. The van der Waals surface area contributed by atoms with Crippen molar-refractivity contribution in [1.29, 1.82) is 0 Å². The number of nitrogens with one attached hydrogen (secondary N) is 1. The molecule has 1 N–H and O–H groups in total. The van der Waals surface area contributed by atoms with Crippen LogP contribution in [0, 0.1) is 5.82 Å². The molecule has 0 atom stereocenters. The first-order chi connectivity index (χ1) is 14.8. The van der Waals surface area contributed by atoms with Crippen molar-refractivity contribution in [3.05, 3.63) is 90.2 Å². The number of anilines is 1. The van der Waals surface area contributed by atoms with Gasteiger partial charge in [0.2, 0.25) is 15.9 Å². The maximum atomic E-state index is 12.9. The fourth-order valence-electron chi connectivity index (χ4n) is 2.89. The summed E-state index contributed by atoms with van der Waals surface area (Å²) in [7, 11) is -3.68. The predicted molar refractivity (Wildman–Crippen MR) is 118 cm³/mol. The number of carbonyl (C=O) groups excluding carboxylic acids is 1. The van der Waals surface area contributed by atoms with Crippen molar-refractivity contribution in [2.75, 3.05) is 23.7 Å². The lowest BCUT2D eigenvalue weighted by Crippen LogP contribution is -2.40. The molecule has 3 aromatic rings. The second-order valence-electron chi connectivity index (χ2n) is 6.91. The molecule has 0 unspecified atom stereocenters. The third kappa shape index (κ3) is 6.82. The lowest BCUT2D eigenvalue weighted by molar-refractivity contribution is -0.119. The number of halogens is 1. The Hall–Kier alpha value is -3.39. The number of ether oxygens (including phenoxy) is 1. The molecule has 6 nitrogen and oxygen atoms in total. The van der Waals surface area contributed by atoms with Crippen LogP contribution < -0.4 is 14.4 Å². The van der Waals surface area contributed by atoms with E-state index in [0.29, 0.717) is 30.2 Å². The summed E-state index contributed by atoms with van der Waals surface area (Å²) in [6, 6.07) is 21.7. The molecule has 1 amide bonds. The maximum Gasteiger partial charge on any atom is 0.240 e. The number of rotatable bonds is 9. The van der Waals surface area contributed by atoms with Crippen molar-refractivity contribution < 1.29 is 22.3 Å². The van der Waals surface area contributed by atoms with Crippen LogP contribution in [0.5, 0.6) is 11.5 Å². The molecule has 8 heteroatoms. The summed E-state index contributed by atoms with van der Waals surface area (Å²) in [5.74, 6) is 0.455. The highest BCUT2D eigenvalue weighted by atomic mass is 32.2. The van der Waals surface area contributed by atoms with Crippen LogP contribution in [0.25, 0.3) is 0 Å². The van der Waals surface area contributed by atoms with Gasteiger partial charge in [-0.25, -0.2) is 12.8 Å². The third-order valence-electron chi connectivity index (χ3n) is 4.44. The van der Waals surface area contributed by atoms with Crippen LogP contribution in [-0.2, 0) is 21.2 Å². The van der Waals surface area contributed by atoms with E-state index >= 15 is 0 Å². The van der Waals surface area contributed by atoms with Gasteiger partial charge in [0.1, 0.15) is 23.9 Å². The van der Waals surface area contributed by atoms with Gasteiger partial charge >= 0.3 is 0 Å². The number of hydrogen-bond acceptors (Lipinski definition) is 4. The average molecular weight is 443 g/mol. The first-order valence-corrected chi connectivity index (χ1v) is 11.5. The van der Waals surface area contributed by atoms with Crippen LogP contribution >= 0.6 is 0 Å². The second kappa shape index (κ2) is 10.1.